The van der Waals surface area contributed by atoms with Crippen molar-refractivity contribution in [3.8, 4) is 0 Å². The van der Waals surface area contributed by atoms with Crippen LogP contribution in [0.3, 0.4) is 0 Å². The van der Waals surface area contributed by atoms with Crippen molar-refractivity contribution in [2.75, 3.05) is 52.6 Å². The highest BCUT2D eigenvalue weighted by atomic mass is 35.5. The molecule has 0 amide bonds. The van der Waals surface area contributed by atoms with Crippen molar-refractivity contribution in [3.05, 3.63) is 134 Å². The van der Waals surface area contributed by atoms with Gasteiger partial charge in [-0.05, 0) is 134 Å². The third-order valence-corrected chi connectivity index (χ3v) is 8.64. The van der Waals surface area contributed by atoms with Crippen LogP contribution in [0.4, 0.5) is 0 Å². The molecule has 58 heavy (non-hydrogen) atoms. The predicted octanol–water partition coefficient (Wildman–Crippen LogP) is 3.19. The number of piperidine rings is 2. The Labute approximate surface area is 355 Å². The van der Waals surface area contributed by atoms with Gasteiger partial charge in [-0.3, -0.25) is 19.9 Å². The molecule has 0 radical (unpaired) electrons. The molecule has 4 aromatic heterocycles. The number of aliphatic hydroxyl groups is 8. The van der Waals surface area contributed by atoms with E-state index in [2.05, 4.69) is 43.7 Å². The normalized spacial score (nSPS) is 15.3. The fraction of sp³-hybridized carbons (Fsp3) is 0.429. The fourth-order valence-corrected chi connectivity index (χ4v) is 5.14. The molecule has 0 aliphatic carbocycles. The molecule has 14 nitrogen and oxygen atoms in total. The van der Waals surface area contributed by atoms with Crippen LogP contribution < -0.4 is 10.6 Å². The van der Waals surface area contributed by atoms with Crippen LogP contribution in [0, 0.1) is 11.8 Å². The van der Waals surface area contributed by atoms with Crippen molar-refractivity contribution in [2.24, 2.45) is 11.8 Å². The molecular weight excluding hydrogens is 787 g/mol. The summed E-state index contributed by atoms with van der Waals surface area (Å²) in [6.45, 7) is 10.4. The third kappa shape index (κ3) is 26.3. The topological polar surface area (TPSA) is 237 Å². The summed E-state index contributed by atoms with van der Waals surface area (Å²) in [6, 6.07) is 14.3. The van der Waals surface area contributed by atoms with E-state index in [4.69, 9.17) is 30.6 Å². The van der Waals surface area contributed by atoms with Gasteiger partial charge >= 0.3 is 0 Å². The van der Waals surface area contributed by atoms with Crippen molar-refractivity contribution in [1.82, 2.24) is 30.6 Å². The van der Waals surface area contributed by atoms with Gasteiger partial charge in [-0.15, -0.1) is 24.8 Å². The summed E-state index contributed by atoms with van der Waals surface area (Å²) in [5.74, 6) is 0.623. The van der Waals surface area contributed by atoms with Crippen LogP contribution in [0.2, 0.25) is 0 Å². The Bertz CT molecular complexity index is 1370. The average Bonchev–Trinajstić information content (AvgIpc) is 3.30. The summed E-state index contributed by atoms with van der Waals surface area (Å²) in [7, 11) is 0. The van der Waals surface area contributed by atoms with Crippen molar-refractivity contribution in [2.45, 2.75) is 50.1 Å². The predicted molar refractivity (Wildman–Crippen MR) is 233 cm³/mol. The Morgan fingerprint density at radius 2 is 0.741 bits per heavy atom. The van der Waals surface area contributed by atoms with Gasteiger partial charge < -0.3 is 51.5 Å². The summed E-state index contributed by atoms with van der Waals surface area (Å²) >= 11 is 0. The molecule has 0 unspecified atom stereocenters. The molecule has 0 bridgehead atoms. The lowest BCUT2D eigenvalue weighted by Crippen LogP contribution is -2.35. The number of hydrogen-bond acceptors (Lipinski definition) is 14. The number of rotatable bonds is 10. The zero-order chi connectivity index (χ0) is 41.2. The molecule has 6 heterocycles. The van der Waals surface area contributed by atoms with Crippen molar-refractivity contribution in [3.63, 3.8) is 0 Å². The minimum absolute atomic E-state index is 0. The van der Waals surface area contributed by atoms with Gasteiger partial charge in [-0.25, -0.2) is 0 Å². The van der Waals surface area contributed by atoms with Crippen molar-refractivity contribution >= 4 is 37.0 Å². The first-order valence-electron chi connectivity index (χ1n) is 18.7. The Kier molecular flexibility index (Phi) is 36.5. The first-order chi connectivity index (χ1) is 27.2. The number of halogens is 2. The number of aromatic nitrogens is 4. The van der Waals surface area contributed by atoms with E-state index in [9.17, 15) is 10.2 Å². The second-order valence-corrected chi connectivity index (χ2v) is 12.6. The highest BCUT2D eigenvalue weighted by Gasteiger charge is 2.21. The van der Waals surface area contributed by atoms with Gasteiger partial charge in [-0.1, -0.05) is 25.3 Å². The lowest BCUT2D eigenvalue weighted by atomic mass is 9.93. The number of pyridine rings is 4. The van der Waals surface area contributed by atoms with Gasteiger partial charge in [0, 0.05) is 49.6 Å². The van der Waals surface area contributed by atoms with Gasteiger partial charge in [0.2, 0.25) is 0 Å². The van der Waals surface area contributed by atoms with Crippen LogP contribution in [-0.4, -0.2) is 126 Å². The van der Waals surface area contributed by atoms with Gasteiger partial charge in [0.25, 0.3) is 0 Å². The third-order valence-electron chi connectivity index (χ3n) is 8.64. The van der Waals surface area contributed by atoms with E-state index in [1.165, 1.54) is 0 Å². The van der Waals surface area contributed by atoms with E-state index in [1.807, 2.05) is 24.3 Å². The minimum atomic E-state index is -0.775. The van der Waals surface area contributed by atoms with E-state index >= 15 is 0 Å². The summed E-state index contributed by atoms with van der Waals surface area (Å²) in [4.78, 5) is 15.2. The molecule has 4 aromatic rings. The first-order valence-corrected chi connectivity index (χ1v) is 18.7. The maximum atomic E-state index is 9.20. The molecule has 0 saturated carbocycles. The minimum Gasteiger partial charge on any atom is -0.394 e. The zero-order valence-electron chi connectivity index (χ0n) is 32.9. The molecule has 6 rings (SSSR count). The average molecular weight is 852 g/mol. The number of hydrogen-bond donors (Lipinski definition) is 10. The second kappa shape index (κ2) is 37.5. The Morgan fingerprint density at radius 1 is 0.483 bits per heavy atom. The number of aliphatic hydroxyl groups excluding tert-OH is 8. The van der Waals surface area contributed by atoms with Gasteiger partial charge in [0.15, 0.2) is 0 Å². The van der Waals surface area contributed by atoms with Crippen LogP contribution in [0.15, 0.2) is 111 Å². The lowest BCUT2D eigenvalue weighted by Gasteiger charge is -2.25. The van der Waals surface area contributed by atoms with E-state index in [0.717, 1.165) is 63.0 Å². The van der Waals surface area contributed by atoms with Crippen LogP contribution >= 0.6 is 24.8 Å². The van der Waals surface area contributed by atoms with Crippen LogP contribution in [0.25, 0.3) is 12.2 Å². The molecule has 10 N–H and O–H groups in total. The Hall–Kier alpha value is -3.74. The summed E-state index contributed by atoms with van der Waals surface area (Å²) in [5, 5.41) is 77.2. The molecule has 2 aliphatic rings. The molecule has 16 heteroatoms. The van der Waals surface area contributed by atoms with E-state index < -0.39 is 24.4 Å². The van der Waals surface area contributed by atoms with Crippen molar-refractivity contribution in [1.29, 1.82) is 0 Å². The molecule has 324 valence electrons. The van der Waals surface area contributed by atoms with Crippen LogP contribution in [0.1, 0.15) is 60.1 Å². The maximum absolute atomic E-state index is 9.20. The smallest absolute Gasteiger partial charge is 0.102 e. The Morgan fingerprint density at radius 3 is 0.948 bits per heavy atom. The second-order valence-electron chi connectivity index (χ2n) is 12.6. The largest absolute Gasteiger partial charge is 0.394 e. The van der Waals surface area contributed by atoms with E-state index in [1.54, 1.807) is 86.0 Å². The monoisotopic (exact) mass is 850 g/mol. The molecule has 2 fully saturated rings. The SMILES string of the molecule is C=Cc1ccncc1.C=Cc1ccncc1.Cl.Cl.OC[C@@H](O)C1CCNCC1.OC[C@@H](O)c1ccncc1.OC[C@H](O)C1CCNCC1.OC[C@H](O)c1ccncc1. The zero-order valence-corrected chi connectivity index (χ0v) is 34.6. The van der Waals surface area contributed by atoms with E-state index in [0.29, 0.717) is 23.0 Å². The highest BCUT2D eigenvalue weighted by molar-refractivity contribution is 5.85. The number of nitrogens with one attached hydrogen (secondary N) is 2. The summed E-state index contributed by atoms with van der Waals surface area (Å²) < 4.78 is 0. The molecule has 2 saturated heterocycles. The molecule has 0 aromatic carbocycles. The fourth-order valence-electron chi connectivity index (χ4n) is 5.14. The summed E-state index contributed by atoms with van der Waals surface area (Å²) in [6.07, 6.45) is 18.3. The standard InChI is InChI=1S/2C7H15NO2.2C7H9NO2.2C7H7N.2ClH/c4*9-5-7(10)6-1-3-8-4-2-6;2*1-2-7-3-5-8-6-4-7;;/h2*6-10H,1-5H2;2*1-4,7,9-10H,5H2;2*2-6H,1H2;2*1H/t4*7-;;;;/m1010..../s1. The van der Waals surface area contributed by atoms with Gasteiger partial charge in [0.1, 0.15) is 12.2 Å². The Balaban J connectivity index is 0. The quantitative estimate of drug-likeness (QED) is 0.110. The maximum Gasteiger partial charge on any atom is 0.102 e. The lowest BCUT2D eigenvalue weighted by molar-refractivity contribution is 0.0352. The molecule has 0 spiro atoms. The first kappa shape index (κ1) is 56.4. The molecular formula is C42H64Cl2N6O8. The highest BCUT2D eigenvalue weighted by Crippen LogP contribution is 2.16. The summed E-state index contributed by atoms with van der Waals surface area (Å²) in [5.41, 5.74) is 3.61. The molecule has 2 aliphatic heterocycles. The van der Waals surface area contributed by atoms with Crippen LogP contribution in [0.5, 0.6) is 0 Å². The molecule has 4 atom stereocenters. The van der Waals surface area contributed by atoms with Crippen LogP contribution in [-0.2, 0) is 0 Å². The van der Waals surface area contributed by atoms with Gasteiger partial charge in [-0.2, -0.15) is 0 Å². The van der Waals surface area contributed by atoms with Crippen molar-refractivity contribution < 1.29 is 40.9 Å². The van der Waals surface area contributed by atoms with Gasteiger partial charge in [0.05, 0.1) is 38.6 Å². The van der Waals surface area contributed by atoms with E-state index in [-0.39, 0.29) is 51.2 Å². The number of nitrogens with zero attached hydrogens (tertiary/aromatic N) is 4.